The van der Waals surface area contributed by atoms with Crippen molar-refractivity contribution in [2.45, 2.75) is 83.5 Å². The fourth-order valence-corrected chi connectivity index (χ4v) is 6.13. The normalized spacial score (nSPS) is 18.2. The number of carbonyl (C=O) groups is 2. The summed E-state index contributed by atoms with van der Waals surface area (Å²) in [6.45, 7) is 10.7. The summed E-state index contributed by atoms with van der Waals surface area (Å²) in [4.78, 5) is 33.1. The largest absolute Gasteiger partial charge is 0.439 e. The summed E-state index contributed by atoms with van der Waals surface area (Å²) in [7, 11) is 0. The molecule has 0 aliphatic carbocycles. The molecule has 4 rings (SSSR count). The van der Waals surface area contributed by atoms with Crippen LogP contribution in [0.5, 0.6) is 0 Å². The number of rotatable bonds is 13. The van der Waals surface area contributed by atoms with Crippen molar-refractivity contribution in [1.29, 1.82) is 0 Å². The highest BCUT2D eigenvalue weighted by molar-refractivity contribution is 6.32. The first kappa shape index (κ1) is 31.2. The number of hydrogen-bond donors (Lipinski definition) is 1. The summed E-state index contributed by atoms with van der Waals surface area (Å²) in [6, 6.07) is 21.6. The average Bonchev–Trinajstić information content (AvgIpc) is 3.03. The minimum absolute atomic E-state index is 0.0937. The van der Waals surface area contributed by atoms with Crippen molar-refractivity contribution in [2.24, 2.45) is 0 Å². The first-order chi connectivity index (χ1) is 20.1. The highest BCUT2D eigenvalue weighted by atomic mass is 16.6. The van der Waals surface area contributed by atoms with Crippen LogP contribution in [0.3, 0.4) is 0 Å². The van der Waals surface area contributed by atoms with Crippen LogP contribution in [0.2, 0.25) is 0 Å². The van der Waals surface area contributed by atoms with Crippen LogP contribution >= 0.6 is 0 Å². The maximum atomic E-state index is 13.3. The second kappa shape index (κ2) is 16.6. The van der Waals surface area contributed by atoms with Crippen molar-refractivity contribution in [3.63, 3.8) is 0 Å². The van der Waals surface area contributed by atoms with Gasteiger partial charge < -0.3 is 19.4 Å². The summed E-state index contributed by atoms with van der Waals surface area (Å²) >= 11 is 0. The summed E-state index contributed by atoms with van der Waals surface area (Å²) in [5.74, 6) is -1.20. The van der Waals surface area contributed by atoms with Crippen LogP contribution in [0, 0.1) is 0 Å². The molecule has 1 unspecified atom stereocenters. The van der Waals surface area contributed by atoms with Crippen molar-refractivity contribution in [1.82, 2.24) is 20.0 Å². The highest BCUT2D eigenvalue weighted by Crippen LogP contribution is 2.19. The number of nitrogens with zero attached hydrogens (tertiary/aromatic N) is 3. The third-order valence-electron chi connectivity index (χ3n) is 8.65. The van der Waals surface area contributed by atoms with Gasteiger partial charge in [0.2, 0.25) is 0 Å². The lowest BCUT2D eigenvalue weighted by Crippen LogP contribution is -2.52. The molecular formula is C34H50N4O3. The molecule has 7 heteroatoms. The predicted octanol–water partition coefficient (Wildman–Crippen LogP) is 4.51. The van der Waals surface area contributed by atoms with E-state index >= 15 is 0 Å². The van der Waals surface area contributed by atoms with Gasteiger partial charge >= 0.3 is 11.9 Å². The topological polar surface area (TPSA) is 65.1 Å². The van der Waals surface area contributed by atoms with Crippen LogP contribution in [0.1, 0.15) is 63.5 Å². The van der Waals surface area contributed by atoms with Crippen LogP contribution in [-0.4, -0.2) is 90.7 Å². The molecule has 0 bridgehead atoms. The van der Waals surface area contributed by atoms with Crippen LogP contribution in [0.4, 0.5) is 0 Å². The second-order valence-corrected chi connectivity index (χ2v) is 11.6. The number of piperidine rings is 2. The fraction of sp³-hybridized carbons (Fsp3) is 0.588. The lowest BCUT2D eigenvalue weighted by atomic mass is 10.0. The Morgan fingerprint density at radius 1 is 0.829 bits per heavy atom. The number of benzene rings is 2. The number of nitrogens with one attached hydrogen (secondary N) is 1. The number of hydrogen-bond acceptors (Lipinski definition) is 6. The molecule has 2 fully saturated rings. The van der Waals surface area contributed by atoms with E-state index in [2.05, 4.69) is 82.7 Å². The molecule has 1 amide bonds. The van der Waals surface area contributed by atoms with Crippen molar-refractivity contribution in [3.8, 4) is 0 Å². The Balaban J connectivity index is 1.19. The smallest absolute Gasteiger partial charge is 0.398 e. The standard InChI is InChI=1S/C34H50N4O3/c1-3-21-38(31-19-26-37(27-20-31)23-16-29-13-9-6-10-14-29)33(39)34(40)41-32(4-2)35-30-17-24-36(25-18-30)22-15-28-11-7-5-8-12-28/h5-14,30-32,35H,3-4,15-27H2,1-2H3. The molecule has 2 aromatic carbocycles. The van der Waals surface area contributed by atoms with Crippen molar-refractivity contribution < 1.29 is 14.3 Å². The quantitative estimate of drug-likeness (QED) is 0.220. The molecule has 0 saturated carbocycles. The first-order valence-electron chi connectivity index (χ1n) is 15.9. The zero-order valence-electron chi connectivity index (χ0n) is 25.2. The highest BCUT2D eigenvalue weighted by Gasteiger charge is 2.33. The molecular weight excluding hydrogens is 512 g/mol. The first-order valence-corrected chi connectivity index (χ1v) is 15.9. The molecule has 2 aromatic rings. The van der Waals surface area contributed by atoms with Crippen molar-refractivity contribution >= 4 is 11.9 Å². The minimum atomic E-state index is -0.718. The Morgan fingerprint density at radius 3 is 1.83 bits per heavy atom. The second-order valence-electron chi connectivity index (χ2n) is 11.6. The zero-order chi connectivity index (χ0) is 28.9. The molecule has 0 aromatic heterocycles. The Kier molecular flexibility index (Phi) is 12.7. The van der Waals surface area contributed by atoms with E-state index in [4.69, 9.17) is 4.74 Å². The number of carbonyl (C=O) groups excluding carboxylic acids is 2. The van der Waals surface area contributed by atoms with Crippen LogP contribution in [-0.2, 0) is 27.2 Å². The van der Waals surface area contributed by atoms with Crippen molar-refractivity contribution in [2.75, 3.05) is 45.8 Å². The van der Waals surface area contributed by atoms with Gasteiger partial charge in [-0.2, -0.15) is 0 Å². The van der Waals surface area contributed by atoms with Gasteiger partial charge in [0.1, 0.15) is 0 Å². The monoisotopic (exact) mass is 562 g/mol. The van der Waals surface area contributed by atoms with Gasteiger partial charge in [-0.25, -0.2) is 4.79 Å². The summed E-state index contributed by atoms with van der Waals surface area (Å²) < 4.78 is 5.76. The van der Waals surface area contributed by atoms with Gasteiger partial charge in [0.15, 0.2) is 6.23 Å². The molecule has 2 aliphatic rings. The molecule has 0 radical (unpaired) electrons. The molecule has 2 heterocycles. The maximum absolute atomic E-state index is 13.3. The van der Waals surface area contributed by atoms with E-state index in [1.165, 1.54) is 11.1 Å². The van der Waals surface area contributed by atoms with Gasteiger partial charge in [0.05, 0.1) is 0 Å². The van der Waals surface area contributed by atoms with Gasteiger partial charge in [-0.05, 0) is 75.6 Å². The number of amides is 1. The molecule has 0 spiro atoms. The molecule has 2 aliphatic heterocycles. The molecule has 2 saturated heterocycles. The van der Waals surface area contributed by atoms with E-state index in [0.29, 0.717) is 19.0 Å². The van der Waals surface area contributed by atoms with E-state index < -0.39 is 18.1 Å². The van der Waals surface area contributed by atoms with Crippen LogP contribution < -0.4 is 5.32 Å². The molecule has 1 atom stereocenters. The lowest BCUT2D eigenvalue weighted by molar-refractivity contribution is -0.167. The predicted molar refractivity (Wildman–Crippen MR) is 165 cm³/mol. The third kappa shape index (κ3) is 9.94. The Hall–Kier alpha value is -2.74. The van der Waals surface area contributed by atoms with E-state index in [9.17, 15) is 9.59 Å². The van der Waals surface area contributed by atoms with Crippen LogP contribution in [0.15, 0.2) is 60.7 Å². The third-order valence-corrected chi connectivity index (χ3v) is 8.65. The Labute approximate surface area is 247 Å². The summed E-state index contributed by atoms with van der Waals surface area (Å²) in [5, 5.41) is 3.52. The van der Waals surface area contributed by atoms with Gasteiger partial charge in [0, 0.05) is 44.8 Å². The number of esters is 1. The lowest BCUT2D eigenvalue weighted by Gasteiger charge is -2.38. The van der Waals surface area contributed by atoms with Crippen LogP contribution in [0.25, 0.3) is 0 Å². The summed E-state index contributed by atoms with van der Waals surface area (Å²) in [5.41, 5.74) is 2.73. The van der Waals surface area contributed by atoms with E-state index in [1.807, 2.05) is 6.92 Å². The zero-order valence-corrected chi connectivity index (χ0v) is 25.2. The molecule has 41 heavy (non-hydrogen) atoms. The molecule has 1 N–H and O–H groups in total. The number of likely N-dealkylation sites (tertiary alicyclic amines) is 2. The van der Waals surface area contributed by atoms with Gasteiger partial charge in [-0.15, -0.1) is 0 Å². The SMILES string of the molecule is CCCN(C(=O)C(=O)OC(CC)NC1CCN(CCc2ccccc2)CC1)C1CCN(CCc2ccccc2)CC1. The number of ether oxygens (including phenoxy) is 1. The Morgan fingerprint density at radius 2 is 1.34 bits per heavy atom. The molecule has 7 nitrogen and oxygen atoms in total. The molecule has 224 valence electrons. The Bertz CT molecular complexity index is 1030. The van der Waals surface area contributed by atoms with Crippen molar-refractivity contribution in [3.05, 3.63) is 71.8 Å². The van der Waals surface area contributed by atoms with Gasteiger partial charge in [-0.1, -0.05) is 74.5 Å². The summed E-state index contributed by atoms with van der Waals surface area (Å²) in [6.07, 6.45) is 6.95. The maximum Gasteiger partial charge on any atom is 0.398 e. The van der Waals surface area contributed by atoms with Gasteiger partial charge in [0.25, 0.3) is 0 Å². The van der Waals surface area contributed by atoms with E-state index in [1.54, 1.807) is 4.90 Å². The fourth-order valence-electron chi connectivity index (χ4n) is 6.13. The van der Waals surface area contributed by atoms with Gasteiger partial charge in [-0.3, -0.25) is 10.1 Å². The average molecular weight is 563 g/mol. The minimum Gasteiger partial charge on any atom is -0.439 e. The van der Waals surface area contributed by atoms with E-state index in [0.717, 1.165) is 84.2 Å². The van der Waals surface area contributed by atoms with E-state index in [-0.39, 0.29) is 6.04 Å².